The van der Waals surface area contributed by atoms with Gasteiger partial charge in [-0.2, -0.15) is 0 Å². The van der Waals surface area contributed by atoms with Crippen LogP contribution in [-0.4, -0.2) is 6.54 Å². The van der Waals surface area contributed by atoms with Crippen LogP contribution in [0.4, 0.5) is 0 Å². The predicted molar refractivity (Wildman–Crippen MR) is 83.4 cm³/mol. The van der Waals surface area contributed by atoms with Crippen LogP contribution in [0, 0.1) is 0 Å². The zero-order valence-corrected chi connectivity index (χ0v) is 13.1. The van der Waals surface area contributed by atoms with Gasteiger partial charge in [-0.1, -0.05) is 45.2 Å². The first kappa shape index (κ1) is 14.7. The van der Waals surface area contributed by atoms with E-state index in [1.165, 1.54) is 0 Å². The van der Waals surface area contributed by atoms with Gasteiger partial charge in [0.05, 0.1) is 10.0 Å². The Kier molecular flexibility index (Phi) is 5.11. The Bertz CT molecular complexity index is 590. The summed E-state index contributed by atoms with van der Waals surface area (Å²) in [7, 11) is 0. The van der Waals surface area contributed by atoms with E-state index < -0.39 is 0 Å². The molecule has 2 rings (SSSR count). The summed E-state index contributed by atoms with van der Waals surface area (Å²) in [6.07, 6.45) is 0.754. The zero-order chi connectivity index (χ0) is 13.8. The Hall–Kier alpha value is -0.740. The Balaban J connectivity index is 2.30. The van der Waals surface area contributed by atoms with Crippen LogP contribution in [-0.2, 0) is 6.42 Å². The van der Waals surface area contributed by atoms with E-state index in [0.29, 0.717) is 22.3 Å². The molecule has 0 fully saturated rings. The molecule has 2 nitrogen and oxygen atoms in total. The first-order valence-corrected chi connectivity index (χ1v) is 7.26. The average molecular weight is 361 g/mol. The van der Waals surface area contributed by atoms with Crippen LogP contribution in [0.5, 0.6) is 11.5 Å². The number of hydrogen-bond donors (Lipinski definition) is 1. The van der Waals surface area contributed by atoms with Crippen LogP contribution in [0.25, 0.3) is 0 Å². The van der Waals surface area contributed by atoms with Crippen LogP contribution in [0.1, 0.15) is 5.56 Å². The zero-order valence-electron chi connectivity index (χ0n) is 10.00. The molecule has 0 radical (unpaired) electrons. The molecule has 0 spiro atoms. The lowest BCUT2D eigenvalue weighted by atomic mass is 10.1. The molecule has 2 N–H and O–H groups in total. The lowest BCUT2D eigenvalue weighted by Crippen LogP contribution is -2.04. The summed E-state index contributed by atoms with van der Waals surface area (Å²) >= 11 is 15.3. The minimum absolute atomic E-state index is 0.467. The standard InChI is InChI=1S/C14H12BrCl2NO/c15-10-2-1-9(5-6-18)14(7-10)19-11-3-4-12(16)13(17)8-11/h1-4,7-8H,5-6,18H2. The van der Waals surface area contributed by atoms with Crippen molar-refractivity contribution in [2.45, 2.75) is 6.42 Å². The molecule has 0 atom stereocenters. The minimum atomic E-state index is 0.467. The molecule has 0 unspecified atom stereocenters. The van der Waals surface area contributed by atoms with Gasteiger partial charge in [0.15, 0.2) is 0 Å². The van der Waals surface area contributed by atoms with Crippen molar-refractivity contribution in [3.63, 3.8) is 0 Å². The van der Waals surface area contributed by atoms with Crippen LogP contribution in [0.3, 0.4) is 0 Å². The quantitative estimate of drug-likeness (QED) is 0.827. The topological polar surface area (TPSA) is 35.2 Å². The highest BCUT2D eigenvalue weighted by molar-refractivity contribution is 9.10. The molecule has 2 aromatic carbocycles. The van der Waals surface area contributed by atoms with E-state index in [0.717, 1.165) is 22.2 Å². The molecular formula is C14H12BrCl2NO. The summed E-state index contributed by atoms with van der Waals surface area (Å²) in [5.74, 6) is 1.41. The van der Waals surface area contributed by atoms with Crippen molar-refractivity contribution in [2.75, 3.05) is 6.54 Å². The van der Waals surface area contributed by atoms with Crippen LogP contribution in [0.2, 0.25) is 10.0 Å². The van der Waals surface area contributed by atoms with Crippen molar-refractivity contribution < 1.29 is 4.74 Å². The van der Waals surface area contributed by atoms with E-state index in [2.05, 4.69) is 15.9 Å². The monoisotopic (exact) mass is 359 g/mol. The number of benzene rings is 2. The molecule has 0 aromatic heterocycles. The largest absolute Gasteiger partial charge is 0.457 e. The second kappa shape index (κ2) is 6.62. The molecule has 0 aliphatic heterocycles. The maximum atomic E-state index is 5.97. The van der Waals surface area contributed by atoms with Gasteiger partial charge in [0.25, 0.3) is 0 Å². The van der Waals surface area contributed by atoms with E-state index in [4.69, 9.17) is 33.7 Å². The number of rotatable bonds is 4. The van der Waals surface area contributed by atoms with E-state index >= 15 is 0 Å². The number of nitrogens with two attached hydrogens (primary N) is 1. The molecule has 0 amide bonds. The molecule has 100 valence electrons. The lowest BCUT2D eigenvalue weighted by molar-refractivity contribution is 0.476. The van der Waals surface area contributed by atoms with Crippen molar-refractivity contribution in [1.82, 2.24) is 0 Å². The van der Waals surface area contributed by atoms with Crippen LogP contribution in [0.15, 0.2) is 40.9 Å². The second-order valence-electron chi connectivity index (χ2n) is 3.97. The maximum absolute atomic E-state index is 5.97. The number of hydrogen-bond acceptors (Lipinski definition) is 2. The summed E-state index contributed by atoms with van der Waals surface area (Å²) in [5.41, 5.74) is 6.65. The van der Waals surface area contributed by atoms with Gasteiger partial charge < -0.3 is 10.5 Å². The minimum Gasteiger partial charge on any atom is -0.457 e. The molecule has 0 saturated carbocycles. The third kappa shape index (κ3) is 3.86. The van der Waals surface area contributed by atoms with Gasteiger partial charge in [0.1, 0.15) is 11.5 Å². The van der Waals surface area contributed by atoms with Gasteiger partial charge in [0, 0.05) is 10.5 Å². The van der Waals surface area contributed by atoms with Gasteiger partial charge in [-0.05, 0) is 42.8 Å². The Morgan fingerprint density at radius 1 is 1.05 bits per heavy atom. The normalized spacial score (nSPS) is 10.5. The van der Waals surface area contributed by atoms with Gasteiger partial charge in [-0.25, -0.2) is 0 Å². The molecular weight excluding hydrogens is 349 g/mol. The van der Waals surface area contributed by atoms with Gasteiger partial charge in [0.2, 0.25) is 0 Å². The summed E-state index contributed by atoms with van der Waals surface area (Å²) in [4.78, 5) is 0. The SMILES string of the molecule is NCCc1ccc(Br)cc1Oc1ccc(Cl)c(Cl)c1. The molecule has 19 heavy (non-hydrogen) atoms. The molecule has 0 heterocycles. The Morgan fingerprint density at radius 2 is 1.84 bits per heavy atom. The summed E-state index contributed by atoms with van der Waals surface area (Å²) in [6, 6.07) is 11.0. The first-order valence-electron chi connectivity index (χ1n) is 5.71. The Labute approximate surface area is 130 Å². The smallest absolute Gasteiger partial charge is 0.131 e. The molecule has 5 heteroatoms. The highest BCUT2D eigenvalue weighted by Gasteiger charge is 2.07. The highest BCUT2D eigenvalue weighted by Crippen LogP contribution is 2.32. The molecule has 2 aromatic rings. The number of halogens is 3. The fourth-order valence-corrected chi connectivity index (χ4v) is 2.28. The summed E-state index contributed by atoms with van der Waals surface area (Å²) in [6.45, 7) is 0.569. The van der Waals surface area contributed by atoms with Gasteiger partial charge in [-0.15, -0.1) is 0 Å². The van der Waals surface area contributed by atoms with Crippen molar-refractivity contribution in [3.05, 3.63) is 56.5 Å². The highest BCUT2D eigenvalue weighted by atomic mass is 79.9. The fraction of sp³-hybridized carbons (Fsp3) is 0.143. The van der Waals surface area contributed by atoms with E-state index in [1.807, 2.05) is 18.2 Å². The molecule has 0 aliphatic rings. The second-order valence-corrected chi connectivity index (χ2v) is 5.70. The van der Waals surface area contributed by atoms with Gasteiger partial charge >= 0.3 is 0 Å². The Morgan fingerprint density at radius 3 is 2.53 bits per heavy atom. The van der Waals surface area contributed by atoms with E-state index in [1.54, 1.807) is 18.2 Å². The van der Waals surface area contributed by atoms with E-state index in [9.17, 15) is 0 Å². The van der Waals surface area contributed by atoms with Crippen molar-refractivity contribution >= 4 is 39.1 Å². The van der Waals surface area contributed by atoms with Crippen LogP contribution >= 0.6 is 39.1 Å². The third-order valence-electron chi connectivity index (χ3n) is 2.56. The summed E-state index contributed by atoms with van der Waals surface area (Å²) < 4.78 is 6.80. The van der Waals surface area contributed by atoms with Crippen molar-refractivity contribution in [2.24, 2.45) is 5.73 Å². The maximum Gasteiger partial charge on any atom is 0.131 e. The van der Waals surface area contributed by atoms with Gasteiger partial charge in [-0.3, -0.25) is 0 Å². The average Bonchev–Trinajstić information content (AvgIpc) is 2.37. The van der Waals surface area contributed by atoms with Crippen molar-refractivity contribution in [1.29, 1.82) is 0 Å². The van der Waals surface area contributed by atoms with Crippen molar-refractivity contribution in [3.8, 4) is 11.5 Å². The summed E-state index contributed by atoms with van der Waals surface area (Å²) in [5, 5.41) is 0.972. The molecule has 0 saturated heterocycles. The van der Waals surface area contributed by atoms with Crippen LogP contribution < -0.4 is 10.5 Å². The lowest BCUT2D eigenvalue weighted by Gasteiger charge is -2.11. The third-order valence-corrected chi connectivity index (χ3v) is 3.79. The molecule has 0 bridgehead atoms. The first-order chi connectivity index (χ1) is 9.10. The predicted octanol–water partition coefficient (Wildman–Crippen LogP) is 5.05. The van der Waals surface area contributed by atoms with E-state index in [-0.39, 0.29) is 0 Å². The fourth-order valence-electron chi connectivity index (χ4n) is 1.65. The molecule has 0 aliphatic carbocycles. The number of ether oxygens (including phenoxy) is 1.